The molecule has 0 bridgehead atoms. The number of aromatic nitrogens is 1. The number of hydrogen-bond acceptors (Lipinski definition) is 5. The molecule has 0 aliphatic heterocycles. The van der Waals surface area contributed by atoms with E-state index in [-0.39, 0.29) is 17.1 Å². The average Bonchev–Trinajstić information content (AvgIpc) is 3.15. The summed E-state index contributed by atoms with van der Waals surface area (Å²) in [7, 11) is 0. The maximum absolute atomic E-state index is 12.4. The molecule has 2 aromatic carbocycles. The number of primary amides is 1. The van der Waals surface area contributed by atoms with Gasteiger partial charge < -0.3 is 20.2 Å². The lowest BCUT2D eigenvalue weighted by atomic mass is 10.1. The van der Waals surface area contributed by atoms with Crippen molar-refractivity contribution in [2.45, 2.75) is 13.3 Å². The topological polar surface area (TPSA) is 111 Å². The van der Waals surface area contributed by atoms with Crippen molar-refractivity contribution in [2.24, 2.45) is 5.73 Å². The smallest absolute Gasteiger partial charge is 0.344 e. The molecule has 7 heteroatoms. The summed E-state index contributed by atoms with van der Waals surface area (Å²) in [5.41, 5.74) is 7.91. The Bertz CT molecular complexity index is 1040. The second kappa shape index (κ2) is 8.39. The van der Waals surface area contributed by atoms with Crippen molar-refractivity contribution in [3.05, 3.63) is 65.4 Å². The summed E-state index contributed by atoms with van der Waals surface area (Å²) in [6, 6.07) is 12.0. The Morgan fingerprint density at radius 2 is 1.79 bits per heavy atom. The van der Waals surface area contributed by atoms with Crippen LogP contribution in [0.15, 0.2) is 48.7 Å². The minimum absolute atomic E-state index is 0.164. The molecule has 0 spiro atoms. The van der Waals surface area contributed by atoms with E-state index in [1.165, 1.54) is 12.1 Å². The molecule has 0 saturated heterocycles. The van der Waals surface area contributed by atoms with Crippen molar-refractivity contribution in [1.29, 1.82) is 0 Å². The number of para-hydroxylation sites is 2. The second-order valence-corrected chi connectivity index (χ2v) is 6.13. The van der Waals surface area contributed by atoms with Gasteiger partial charge in [-0.25, -0.2) is 4.79 Å². The van der Waals surface area contributed by atoms with Crippen LogP contribution in [0.3, 0.4) is 0 Å². The normalized spacial score (nSPS) is 10.6. The van der Waals surface area contributed by atoms with Gasteiger partial charge in [0.1, 0.15) is 5.75 Å². The number of amides is 1. The van der Waals surface area contributed by atoms with E-state index >= 15 is 0 Å². The molecule has 0 unspecified atom stereocenters. The molecule has 144 valence electrons. The van der Waals surface area contributed by atoms with E-state index in [9.17, 15) is 14.4 Å². The van der Waals surface area contributed by atoms with E-state index in [4.69, 9.17) is 15.2 Å². The maximum atomic E-state index is 12.4. The van der Waals surface area contributed by atoms with Gasteiger partial charge >= 0.3 is 5.97 Å². The molecule has 7 nitrogen and oxygen atoms in total. The van der Waals surface area contributed by atoms with Gasteiger partial charge in [-0.05, 0) is 24.1 Å². The van der Waals surface area contributed by atoms with Crippen LogP contribution in [0.4, 0.5) is 0 Å². The molecule has 3 N–H and O–H groups in total. The molecular formula is C21H20N2O5. The fraction of sp³-hybridized carbons (Fsp3) is 0.190. The standard InChI is InChI=1S/C21H20N2O5/c1-2-13-6-5-8-14-16(10-23-20(13)14)17(24)11-28-19(25)12-27-18-9-4-3-7-15(18)21(22)26/h3-10,23H,2,11-12H2,1H3,(H2,22,26). The third-order valence-corrected chi connectivity index (χ3v) is 4.35. The molecular weight excluding hydrogens is 360 g/mol. The Kier molecular flexibility index (Phi) is 5.74. The van der Waals surface area contributed by atoms with Gasteiger partial charge in [0, 0.05) is 22.7 Å². The molecule has 3 aromatic rings. The number of carbonyl (C=O) groups is 3. The van der Waals surface area contributed by atoms with Gasteiger partial charge in [-0.15, -0.1) is 0 Å². The Labute approximate surface area is 161 Å². The average molecular weight is 380 g/mol. The summed E-state index contributed by atoms with van der Waals surface area (Å²) in [5.74, 6) is -1.51. The first-order chi connectivity index (χ1) is 13.5. The molecule has 1 aromatic heterocycles. The number of nitrogens with two attached hydrogens (primary N) is 1. The van der Waals surface area contributed by atoms with E-state index in [0.29, 0.717) is 5.56 Å². The number of H-pyrrole nitrogens is 1. The summed E-state index contributed by atoms with van der Waals surface area (Å²) in [6.07, 6.45) is 2.46. The van der Waals surface area contributed by atoms with Crippen LogP contribution in [0.2, 0.25) is 0 Å². The molecule has 1 amide bonds. The summed E-state index contributed by atoms with van der Waals surface area (Å²) in [6.45, 7) is 1.20. The Morgan fingerprint density at radius 1 is 1.00 bits per heavy atom. The Morgan fingerprint density at radius 3 is 2.54 bits per heavy atom. The van der Waals surface area contributed by atoms with Gasteiger partial charge in [-0.1, -0.05) is 37.3 Å². The minimum Gasteiger partial charge on any atom is -0.481 e. The van der Waals surface area contributed by atoms with Crippen molar-refractivity contribution < 1.29 is 23.9 Å². The number of nitrogens with one attached hydrogen (secondary N) is 1. The number of aryl methyl sites for hydroxylation is 1. The highest BCUT2D eigenvalue weighted by Crippen LogP contribution is 2.22. The van der Waals surface area contributed by atoms with Crippen molar-refractivity contribution >= 4 is 28.6 Å². The zero-order valence-electron chi connectivity index (χ0n) is 15.4. The highest BCUT2D eigenvalue weighted by molar-refractivity contribution is 6.09. The molecule has 0 atom stereocenters. The summed E-state index contributed by atoms with van der Waals surface area (Å²) in [5, 5.41) is 0.798. The number of esters is 1. The molecule has 0 radical (unpaired) electrons. The molecule has 0 aliphatic carbocycles. The van der Waals surface area contributed by atoms with Crippen LogP contribution < -0.4 is 10.5 Å². The van der Waals surface area contributed by atoms with Crippen LogP contribution in [0, 0.1) is 0 Å². The number of carbonyl (C=O) groups excluding carboxylic acids is 3. The summed E-state index contributed by atoms with van der Waals surface area (Å²) in [4.78, 5) is 38.8. The largest absolute Gasteiger partial charge is 0.481 e. The van der Waals surface area contributed by atoms with Crippen LogP contribution in [-0.4, -0.2) is 35.9 Å². The Hall–Kier alpha value is -3.61. The number of fused-ring (bicyclic) bond motifs is 1. The van der Waals surface area contributed by atoms with Crippen LogP contribution >= 0.6 is 0 Å². The molecule has 28 heavy (non-hydrogen) atoms. The van der Waals surface area contributed by atoms with Gasteiger partial charge in [0.25, 0.3) is 5.91 Å². The van der Waals surface area contributed by atoms with E-state index < -0.39 is 25.1 Å². The predicted octanol–water partition coefficient (Wildman–Crippen LogP) is 2.63. The minimum atomic E-state index is -0.721. The lowest BCUT2D eigenvalue weighted by Crippen LogP contribution is -2.20. The quantitative estimate of drug-likeness (QED) is 0.461. The lowest BCUT2D eigenvalue weighted by Gasteiger charge is -2.09. The fourth-order valence-corrected chi connectivity index (χ4v) is 2.94. The molecule has 0 saturated carbocycles. The number of aromatic amines is 1. The monoisotopic (exact) mass is 380 g/mol. The first kappa shape index (κ1) is 19.2. The van der Waals surface area contributed by atoms with Crippen molar-refractivity contribution in [3.63, 3.8) is 0 Å². The highest BCUT2D eigenvalue weighted by atomic mass is 16.6. The summed E-state index contributed by atoms with van der Waals surface area (Å²) < 4.78 is 10.3. The van der Waals surface area contributed by atoms with Crippen molar-refractivity contribution in [1.82, 2.24) is 4.98 Å². The van der Waals surface area contributed by atoms with Crippen molar-refractivity contribution in [3.8, 4) is 5.75 Å². The van der Waals surface area contributed by atoms with Gasteiger partial charge in [0.05, 0.1) is 5.56 Å². The van der Waals surface area contributed by atoms with Gasteiger partial charge in [-0.3, -0.25) is 9.59 Å². The number of rotatable bonds is 8. The highest BCUT2D eigenvalue weighted by Gasteiger charge is 2.16. The zero-order valence-corrected chi connectivity index (χ0v) is 15.4. The van der Waals surface area contributed by atoms with Crippen LogP contribution in [0.5, 0.6) is 5.75 Å². The maximum Gasteiger partial charge on any atom is 0.344 e. The van der Waals surface area contributed by atoms with Gasteiger partial charge in [0.15, 0.2) is 13.2 Å². The third kappa shape index (κ3) is 4.03. The van der Waals surface area contributed by atoms with E-state index in [2.05, 4.69) is 4.98 Å². The molecule has 0 aliphatic rings. The van der Waals surface area contributed by atoms with Crippen LogP contribution in [-0.2, 0) is 16.0 Å². The molecule has 3 rings (SSSR count). The molecule has 0 fully saturated rings. The lowest BCUT2D eigenvalue weighted by molar-refractivity contribution is -0.144. The number of ketones is 1. The number of ether oxygens (including phenoxy) is 2. The van der Waals surface area contributed by atoms with Crippen LogP contribution in [0.25, 0.3) is 10.9 Å². The van der Waals surface area contributed by atoms with E-state index in [1.807, 2.05) is 25.1 Å². The first-order valence-electron chi connectivity index (χ1n) is 8.80. The predicted molar refractivity (Wildman–Crippen MR) is 103 cm³/mol. The van der Waals surface area contributed by atoms with Gasteiger partial charge in [0.2, 0.25) is 5.78 Å². The van der Waals surface area contributed by atoms with Gasteiger partial charge in [-0.2, -0.15) is 0 Å². The Balaban J connectivity index is 1.60. The number of benzene rings is 2. The van der Waals surface area contributed by atoms with Crippen molar-refractivity contribution in [2.75, 3.05) is 13.2 Å². The van der Waals surface area contributed by atoms with E-state index in [1.54, 1.807) is 18.3 Å². The summed E-state index contributed by atoms with van der Waals surface area (Å²) >= 11 is 0. The molecule has 1 heterocycles. The zero-order chi connectivity index (χ0) is 20.1. The third-order valence-electron chi connectivity index (χ3n) is 4.35. The SMILES string of the molecule is CCc1cccc2c(C(=O)COC(=O)COc3ccccc3C(N)=O)c[nH]c12. The first-order valence-corrected chi connectivity index (χ1v) is 8.80. The fourth-order valence-electron chi connectivity index (χ4n) is 2.94. The van der Waals surface area contributed by atoms with Crippen LogP contribution in [0.1, 0.15) is 33.2 Å². The second-order valence-electron chi connectivity index (χ2n) is 6.13. The van der Waals surface area contributed by atoms with E-state index in [0.717, 1.165) is 22.9 Å². The number of hydrogen-bond donors (Lipinski definition) is 2. The number of Topliss-reactive ketones (excluding diaryl/α,β-unsaturated/α-hetero) is 1.